The molecule has 0 spiro atoms. The highest BCUT2D eigenvalue weighted by atomic mass is 16.6. The maximum atomic E-state index is 10.9. The highest BCUT2D eigenvalue weighted by Crippen LogP contribution is 2.07. The maximum Gasteiger partial charge on any atom is 0.407 e. The molecule has 0 radical (unpaired) electrons. The average molecular weight is 173 g/mol. The zero-order valence-corrected chi connectivity index (χ0v) is 7.88. The van der Waals surface area contributed by atoms with Gasteiger partial charge in [0.05, 0.1) is 0 Å². The van der Waals surface area contributed by atoms with Crippen molar-refractivity contribution in [2.45, 2.75) is 26.9 Å². The summed E-state index contributed by atoms with van der Waals surface area (Å²) in [6.45, 7) is 5.07. The van der Waals surface area contributed by atoms with Crippen LogP contribution in [0.25, 0.3) is 0 Å². The van der Waals surface area contributed by atoms with Gasteiger partial charge >= 0.3 is 6.09 Å². The summed E-state index contributed by atoms with van der Waals surface area (Å²) in [6.07, 6.45) is -1.20. The van der Waals surface area contributed by atoms with Crippen molar-refractivity contribution in [1.82, 2.24) is 5.32 Å². The summed E-state index contributed by atoms with van der Waals surface area (Å²) in [4.78, 5) is 21.7. The Morgan fingerprint density at radius 2 is 1.83 bits per heavy atom. The number of Topliss-reactive ketones (excluding diaryl/α,β-unsaturated/α-hetero) is 1. The monoisotopic (exact) mass is 173 g/mol. The van der Waals surface area contributed by atoms with Crippen LogP contribution in [0.3, 0.4) is 0 Å². The molecule has 0 aliphatic rings. The molecule has 0 bridgehead atoms. The summed E-state index contributed by atoms with van der Waals surface area (Å²) in [6, 6.07) is 0. The first-order valence-electron chi connectivity index (χ1n) is 3.87. The minimum absolute atomic E-state index is 0.0137. The number of rotatable bonds is 3. The van der Waals surface area contributed by atoms with Crippen molar-refractivity contribution in [2.75, 3.05) is 7.05 Å². The number of ether oxygens (including phenoxy) is 1. The minimum atomic E-state index is -0.634. The van der Waals surface area contributed by atoms with E-state index in [-0.39, 0.29) is 11.7 Å². The van der Waals surface area contributed by atoms with Gasteiger partial charge < -0.3 is 10.1 Å². The van der Waals surface area contributed by atoms with Gasteiger partial charge in [0.15, 0.2) is 11.9 Å². The van der Waals surface area contributed by atoms with E-state index in [1.165, 1.54) is 14.0 Å². The first kappa shape index (κ1) is 10.9. The van der Waals surface area contributed by atoms with Crippen LogP contribution in [0, 0.1) is 5.92 Å². The first-order chi connectivity index (χ1) is 5.49. The molecule has 1 N–H and O–H groups in total. The third-order valence-corrected chi connectivity index (χ3v) is 1.44. The lowest BCUT2D eigenvalue weighted by atomic mass is 10.0. The predicted octanol–water partition coefficient (Wildman–Crippen LogP) is 0.956. The van der Waals surface area contributed by atoms with Gasteiger partial charge in [0, 0.05) is 7.05 Å². The fourth-order valence-corrected chi connectivity index (χ4v) is 0.863. The van der Waals surface area contributed by atoms with Crippen LogP contribution in [0.1, 0.15) is 20.8 Å². The zero-order chi connectivity index (χ0) is 9.72. The largest absolute Gasteiger partial charge is 0.438 e. The van der Waals surface area contributed by atoms with Crippen molar-refractivity contribution in [3.8, 4) is 0 Å². The van der Waals surface area contributed by atoms with Crippen LogP contribution in [0.5, 0.6) is 0 Å². The van der Waals surface area contributed by atoms with E-state index in [0.29, 0.717) is 0 Å². The minimum Gasteiger partial charge on any atom is -0.438 e. The second-order valence-corrected chi connectivity index (χ2v) is 2.93. The van der Waals surface area contributed by atoms with Crippen LogP contribution in [-0.4, -0.2) is 25.0 Å². The predicted molar refractivity (Wildman–Crippen MR) is 44.8 cm³/mol. The number of carbonyl (C=O) groups is 2. The Kier molecular flexibility index (Phi) is 4.33. The Morgan fingerprint density at radius 1 is 1.33 bits per heavy atom. The van der Waals surface area contributed by atoms with Gasteiger partial charge in [-0.3, -0.25) is 4.79 Å². The summed E-state index contributed by atoms with van der Waals surface area (Å²) in [5.74, 6) is -0.117. The number of carbonyl (C=O) groups excluding carboxylic acids is 2. The van der Waals surface area contributed by atoms with Crippen molar-refractivity contribution in [2.24, 2.45) is 5.92 Å². The number of alkyl carbamates (subject to hydrolysis) is 1. The van der Waals surface area contributed by atoms with E-state index < -0.39 is 12.2 Å². The number of ketones is 1. The van der Waals surface area contributed by atoms with Gasteiger partial charge in [-0.2, -0.15) is 0 Å². The normalized spacial score (nSPS) is 12.4. The highest BCUT2D eigenvalue weighted by molar-refractivity contribution is 5.83. The van der Waals surface area contributed by atoms with Gasteiger partial charge in [-0.25, -0.2) is 4.79 Å². The molecule has 0 aromatic heterocycles. The molecule has 4 nitrogen and oxygen atoms in total. The smallest absolute Gasteiger partial charge is 0.407 e. The van der Waals surface area contributed by atoms with Crippen molar-refractivity contribution in [3.05, 3.63) is 0 Å². The first-order valence-corrected chi connectivity index (χ1v) is 3.87. The molecule has 4 heteroatoms. The average Bonchev–Trinajstić information content (AvgIpc) is 1.98. The third-order valence-electron chi connectivity index (χ3n) is 1.44. The van der Waals surface area contributed by atoms with Crippen LogP contribution in [0.15, 0.2) is 0 Å². The second-order valence-electron chi connectivity index (χ2n) is 2.93. The van der Waals surface area contributed by atoms with Crippen LogP contribution in [0.4, 0.5) is 4.79 Å². The van der Waals surface area contributed by atoms with Crippen LogP contribution in [-0.2, 0) is 9.53 Å². The molecule has 1 unspecified atom stereocenters. The van der Waals surface area contributed by atoms with Crippen molar-refractivity contribution in [3.63, 3.8) is 0 Å². The standard InChI is InChI=1S/C8H15NO3/c1-5(2)7(6(3)10)12-8(11)9-4/h5,7H,1-4H3,(H,9,11). The van der Waals surface area contributed by atoms with Gasteiger partial charge in [0.1, 0.15) is 0 Å². The van der Waals surface area contributed by atoms with Crippen LogP contribution < -0.4 is 5.32 Å². The quantitative estimate of drug-likeness (QED) is 0.691. The van der Waals surface area contributed by atoms with Gasteiger partial charge in [-0.15, -0.1) is 0 Å². The zero-order valence-electron chi connectivity index (χ0n) is 7.88. The molecule has 0 fully saturated rings. The number of hydrogen-bond acceptors (Lipinski definition) is 3. The van der Waals surface area contributed by atoms with Gasteiger partial charge in [0.2, 0.25) is 0 Å². The Labute approximate surface area is 72.3 Å². The third kappa shape index (κ3) is 3.37. The molecular weight excluding hydrogens is 158 g/mol. The van der Waals surface area contributed by atoms with E-state index in [9.17, 15) is 9.59 Å². The lowest BCUT2D eigenvalue weighted by molar-refractivity contribution is -0.127. The second kappa shape index (κ2) is 4.74. The summed E-state index contributed by atoms with van der Waals surface area (Å²) in [7, 11) is 1.46. The molecule has 1 atom stereocenters. The Balaban J connectivity index is 4.14. The fraction of sp³-hybridized carbons (Fsp3) is 0.750. The Bertz CT molecular complexity index is 177. The fourth-order valence-electron chi connectivity index (χ4n) is 0.863. The van der Waals surface area contributed by atoms with Crippen molar-refractivity contribution in [1.29, 1.82) is 0 Å². The SMILES string of the molecule is CNC(=O)OC(C(C)=O)C(C)C. The van der Waals surface area contributed by atoms with E-state index in [0.717, 1.165) is 0 Å². The number of hydrogen-bond donors (Lipinski definition) is 1. The molecule has 0 saturated carbocycles. The summed E-state index contributed by atoms with van der Waals surface area (Å²) < 4.78 is 4.82. The summed E-state index contributed by atoms with van der Waals surface area (Å²) in [5, 5.41) is 2.29. The Morgan fingerprint density at radius 3 is 2.08 bits per heavy atom. The van der Waals surface area contributed by atoms with Gasteiger partial charge in [0.25, 0.3) is 0 Å². The van der Waals surface area contributed by atoms with Crippen molar-refractivity contribution >= 4 is 11.9 Å². The number of amides is 1. The van der Waals surface area contributed by atoms with E-state index in [1.807, 2.05) is 13.8 Å². The van der Waals surface area contributed by atoms with Gasteiger partial charge in [-0.1, -0.05) is 13.8 Å². The topological polar surface area (TPSA) is 55.4 Å². The van der Waals surface area contributed by atoms with E-state index >= 15 is 0 Å². The van der Waals surface area contributed by atoms with Crippen molar-refractivity contribution < 1.29 is 14.3 Å². The molecule has 0 aromatic rings. The maximum absolute atomic E-state index is 10.9. The number of nitrogens with one attached hydrogen (secondary N) is 1. The lowest BCUT2D eigenvalue weighted by Crippen LogP contribution is -2.34. The van der Waals surface area contributed by atoms with E-state index in [1.54, 1.807) is 0 Å². The molecule has 0 heterocycles. The molecular formula is C8H15NO3. The molecule has 0 aliphatic heterocycles. The summed E-state index contributed by atoms with van der Waals surface area (Å²) in [5.41, 5.74) is 0. The molecule has 12 heavy (non-hydrogen) atoms. The van der Waals surface area contributed by atoms with Gasteiger partial charge in [-0.05, 0) is 12.8 Å². The molecule has 1 amide bonds. The molecule has 0 rings (SSSR count). The Hall–Kier alpha value is -1.06. The van der Waals surface area contributed by atoms with Crippen LogP contribution >= 0.6 is 0 Å². The highest BCUT2D eigenvalue weighted by Gasteiger charge is 2.21. The molecule has 0 aromatic carbocycles. The lowest BCUT2D eigenvalue weighted by Gasteiger charge is -2.17. The summed E-state index contributed by atoms with van der Waals surface area (Å²) >= 11 is 0. The van der Waals surface area contributed by atoms with E-state index in [4.69, 9.17) is 4.74 Å². The molecule has 0 saturated heterocycles. The van der Waals surface area contributed by atoms with E-state index in [2.05, 4.69) is 5.32 Å². The molecule has 70 valence electrons. The molecule has 0 aliphatic carbocycles. The van der Waals surface area contributed by atoms with Crippen LogP contribution in [0.2, 0.25) is 0 Å².